The zero-order valence-corrected chi connectivity index (χ0v) is 7.72. The molecule has 0 bridgehead atoms. The normalized spacial score (nSPS) is 12.0. The Labute approximate surface area is 82.9 Å². The van der Waals surface area contributed by atoms with E-state index in [0.29, 0.717) is 11.5 Å². The topological polar surface area (TPSA) is 41.8 Å². The van der Waals surface area contributed by atoms with Crippen LogP contribution in [-0.2, 0) is 6.18 Å². The first-order chi connectivity index (χ1) is 6.97. The predicted octanol–water partition coefficient (Wildman–Crippen LogP) is 3.00. The Morgan fingerprint density at radius 1 is 1.33 bits per heavy atom. The number of nitrogens with one attached hydrogen (secondary N) is 1. The number of nitrogens with zero attached hydrogens (tertiary/aromatic N) is 1. The summed E-state index contributed by atoms with van der Waals surface area (Å²) in [5.41, 5.74) is -0.734. The smallest absolute Gasteiger partial charge is 0.432 e. The highest BCUT2D eigenvalue weighted by Crippen LogP contribution is 2.30. The molecule has 80 valence electrons. The highest BCUT2D eigenvalue weighted by atomic mass is 19.4. The maximum absolute atomic E-state index is 12.2. The second kappa shape index (κ2) is 3.15. The third kappa shape index (κ3) is 1.88. The predicted molar refractivity (Wildman–Crippen MR) is 46.0 cm³/mol. The van der Waals surface area contributed by atoms with Gasteiger partial charge < -0.3 is 4.42 Å². The summed E-state index contributed by atoms with van der Waals surface area (Å²) in [7, 11) is 0. The summed E-state index contributed by atoms with van der Waals surface area (Å²) in [5.74, 6) is 0.945. The van der Waals surface area contributed by atoms with Crippen LogP contribution >= 0.6 is 0 Å². The molecule has 0 fully saturated rings. The van der Waals surface area contributed by atoms with E-state index in [-0.39, 0.29) is 5.69 Å². The monoisotopic (exact) mass is 216 g/mol. The third-order valence-corrected chi connectivity index (χ3v) is 1.88. The van der Waals surface area contributed by atoms with Gasteiger partial charge in [0.1, 0.15) is 17.1 Å². The van der Waals surface area contributed by atoms with E-state index in [4.69, 9.17) is 4.42 Å². The van der Waals surface area contributed by atoms with Gasteiger partial charge in [0.25, 0.3) is 0 Å². The first kappa shape index (κ1) is 9.82. The number of aryl methyl sites for hydroxylation is 1. The number of furan rings is 1. The summed E-state index contributed by atoms with van der Waals surface area (Å²) in [4.78, 5) is 0. The van der Waals surface area contributed by atoms with Crippen LogP contribution in [0.25, 0.3) is 11.5 Å². The summed E-state index contributed by atoms with van der Waals surface area (Å²) in [6.45, 7) is 1.71. The van der Waals surface area contributed by atoms with E-state index < -0.39 is 11.9 Å². The van der Waals surface area contributed by atoms with Crippen molar-refractivity contribution in [3.8, 4) is 11.5 Å². The molecule has 0 radical (unpaired) electrons. The van der Waals surface area contributed by atoms with Crippen LogP contribution < -0.4 is 0 Å². The van der Waals surface area contributed by atoms with Crippen LogP contribution in [0.4, 0.5) is 13.2 Å². The van der Waals surface area contributed by atoms with Crippen LogP contribution in [0.2, 0.25) is 0 Å². The Hall–Kier alpha value is -1.72. The lowest BCUT2D eigenvalue weighted by atomic mass is 10.3. The second-order valence-corrected chi connectivity index (χ2v) is 3.07. The molecule has 2 aromatic heterocycles. The molecule has 2 aromatic rings. The van der Waals surface area contributed by atoms with Gasteiger partial charge in [-0.3, -0.25) is 5.10 Å². The lowest BCUT2D eigenvalue weighted by Gasteiger charge is -1.99. The third-order valence-electron chi connectivity index (χ3n) is 1.88. The molecule has 0 aliphatic rings. The molecular weight excluding hydrogens is 209 g/mol. The maximum atomic E-state index is 12.2. The minimum atomic E-state index is -4.41. The fourth-order valence-electron chi connectivity index (χ4n) is 1.17. The minimum absolute atomic E-state index is 0.149. The van der Waals surface area contributed by atoms with Gasteiger partial charge in [0.2, 0.25) is 0 Å². The number of hydrogen-bond acceptors (Lipinski definition) is 2. The molecule has 0 atom stereocenters. The summed E-state index contributed by atoms with van der Waals surface area (Å²) in [6, 6.07) is 4.15. The van der Waals surface area contributed by atoms with E-state index in [9.17, 15) is 13.2 Å². The Morgan fingerprint density at radius 3 is 2.53 bits per heavy atom. The molecule has 1 N–H and O–H groups in total. The Balaban J connectivity index is 2.36. The summed E-state index contributed by atoms with van der Waals surface area (Å²) >= 11 is 0. The molecule has 0 aliphatic heterocycles. The minimum Gasteiger partial charge on any atom is -0.460 e. The van der Waals surface area contributed by atoms with Crippen molar-refractivity contribution in [2.75, 3.05) is 0 Å². The van der Waals surface area contributed by atoms with Gasteiger partial charge in [0.15, 0.2) is 5.76 Å². The van der Waals surface area contributed by atoms with Crippen molar-refractivity contribution in [3.05, 3.63) is 29.7 Å². The number of rotatable bonds is 1. The number of H-pyrrole nitrogens is 1. The molecule has 2 rings (SSSR count). The Bertz CT molecular complexity index is 470. The average molecular weight is 216 g/mol. The summed E-state index contributed by atoms with van der Waals surface area (Å²) < 4.78 is 41.8. The van der Waals surface area contributed by atoms with Crippen molar-refractivity contribution in [1.82, 2.24) is 10.2 Å². The van der Waals surface area contributed by atoms with Crippen LogP contribution in [0.5, 0.6) is 0 Å². The molecule has 15 heavy (non-hydrogen) atoms. The van der Waals surface area contributed by atoms with E-state index in [0.717, 1.165) is 6.07 Å². The molecule has 3 nitrogen and oxygen atoms in total. The quantitative estimate of drug-likeness (QED) is 0.796. The van der Waals surface area contributed by atoms with Crippen LogP contribution in [0.3, 0.4) is 0 Å². The Kier molecular flexibility index (Phi) is 2.06. The van der Waals surface area contributed by atoms with Crippen LogP contribution in [0.1, 0.15) is 11.5 Å². The molecule has 2 heterocycles. The van der Waals surface area contributed by atoms with E-state index in [1.165, 1.54) is 0 Å². The lowest BCUT2D eigenvalue weighted by Crippen LogP contribution is -2.04. The molecule has 0 aliphatic carbocycles. The number of halogens is 3. The van der Waals surface area contributed by atoms with Crippen molar-refractivity contribution < 1.29 is 17.6 Å². The van der Waals surface area contributed by atoms with Crippen LogP contribution in [0, 0.1) is 6.92 Å². The van der Waals surface area contributed by atoms with Crippen molar-refractivity contribution in [2.45, 2.75) is 13.1 Å². The van der Waals surface area contributed by atoms with Crippen molar-refractivity contribution in [2.24, 2.45) is 0 Å². The van der Waals surface area contributed by atoms with Crippen LogP contribution in [0.15, 0.2) is 22.6 Å². The van der Waals surface area contributed by atoms with E-state index in [1.807, 2.05) is 5.10 Å². The van der Waals surface area contributed by atoms with Gasteiger partial charge in [0.05, 0.1) is 0 Å². The van der Waals surface area contributed by atoms with E-state index in [1.54, 1.807) is 19.1 Å². The Morgan fingerprint density at radius 2 is 2.07 bits per heavy atom. The molecule has 0 aromatic carbocycles. The maximum Gasteiger partial charge on any atom is 0.432 e. The average Bonchev–Trinajstić information content (AvgIpc) is 2.69. The zero-order chi connectivity index (χ0) is 11.1. The van der Waals surface area contributed by atoms with Crippen molar-refractivity contribution in [1.29, 1.82) is 0 Å². The summed E-state index contributed by atoms with van der Waals surface area (Å²) in [5, 5.41) is 5.45. The summed E-state index contributed by atoms with van der Waals surface area (Å²) in [6.07, 6.45) is -4.41. The number of alkyl halides is 3. The van der Waals surface area contributed by atoms with Crippen molar-refractivity contribution >= 4 is 0 Å². The molecule has 0 spiro atoms. The molecule has 6 heteroatoms. The van der Waals surface area contributed by atoms with Gasteiger partial charge in [-0.15, -0.1) is 0 Å². The second-order valence-electron chi connectivity index (χ2n) is 3.07. The molecular formula is C9H7F3N2O. The van der Waals surface area contributed by atoms with E-state index in [2.05, 4.69) is 5.10 Å². The SMILES string of the molecule is Cc1ccc(-c2cc(C(F)(F)F)[nH]n2)o1. The van der Waals surface area contributed by atoms with Gasteiger partial charge >= 0.3 is 6.18 Å². The molecule has 0 saturated carbocycles. The standard InChI is InChI=1S/C9H7F3N2O/c1-5-2-3-7(15-5)6-4-8(14-13-6)9(10,11)12/h2-4H,1H3,(H,13,14). The number of hydrogen-bond donors (Lipinski definition) is 1. The number of aromatic nitrogens is 2. The van der Waals surface area contributed by atoms with Gasteiger partial charge in [-0.2, -0.15) is 18.3 Å². The van der Waals surface area contributed by atoms with Gasteiger partial charge in [0, 0.05) is 0 Å². The highest BCUT2D eigenvalue weighted by molar-refractivity contribution is 5.52. The highest BCUT2D eigenvalue weighted by Gasteiger charge is 2.33. The van der Waals surface area contributed by atoms with E-state index >= 15 is 0 Å². The molecule has 0 amide bonds. The van der Waals surface area contributed by atoms with Crippen molar-refractivity contribution in [3.63, 3.8) is 0 Å². The lowest BCUT2D eigenvalue weighted by molar-refractivity contribution is -0.141. The van der Waals surface area contributed by atoms with Gasteiger partial charge in [-0.1, -0.05) is 0 Å². The van der Waals surface area contributed by atoms with Gasteiger partial charge in [-0.25, -0.2) is 0 Å². The fourth-order valence-corrected chi connectivity index (χ4v) is 1.17. The largest absolute Gasteiger partial charge is 0.460 e. The number of aromatic amines is 1. The first-order valence-corrected chi connectivity index (χ1v) is 4.16. The zero-order valence-electron chi connectivity index (χ0n) is 7.72. The van der Waals surface area contributed by atoms with Gasteiger partial charge in [-0.05, 0) is 25.1 Å². The molecule has 0 unspecified atom stereocenters. The molecule has 0 saturated heterocycles. The fraction of sp³-hybridized carbons (Fsp3) is 0.222. The first-order valence-electron chi connectivity index (χ1n) is 4.16. The van der Waals surface area contributed by atoms with Crippen LogP contribution in [-0.4, -0.2) is 10.2 Å².